The van der Waals surface area contributed by atoms with Crippen molar-refractivity contribution in [3.63, 3.8) is 0 Å². The third kappa shape index (κ3) is 5.34. The van der Waals surface area contributed by atoms with E-state index in [1.165, 1.54) is 12.1 Å². The molecule has 0 bridgehead atoms. The molecule has 10 heteroatoms. The van der Waals surface area contributed by atoms with E-state index in [1.54, 1.807) is 24.3 Å². The summed E-state index contributed by atoms with van der Waals surface area (Å²) in [4.78, 5) is 25.0. The van der Waals surface area contributed by atoms with Gasteiger partial charge in [-0.2, -0.15) is 4.72 Å². The summed E-state index contributed by atoms with van der Waals surface area (Å²) < 4.78 is 40.3. The normalized spacial score (nSPS) is 15.4. The smallest absolute Gasteiger partial charge is 0.242 e. The molecule has 3 aromatic rings. The third-order valence-corrected chi connectivity index (χ3v) is 7.46. The van der Waals surface area contributed by atoms with Gasteiger partial charge in [0.2, 0.25) is 21.8 Å². The lowest BCUT2D eigenvalue weighted by atomic mass is 10.0. The second-order valence-corrected chi connectivity index (χ2v) is 10.3. The first-order chi connectivity index (χ1) is 17.4. The summed E-state index contributed by atoms with van der Waals surface area (Å²) in [5.41, 5.74) is 2.60. The van der Waals surface area contributed by atoms with Gasteiger partial charge in [0.15, 0.2) is 11.5 Å². The predicted molar refractivity (Wildman–Crippen MR) is 134 cm³/mol. The molecular weight excluding hydrogens is 482 g/mol. The Morgan fingerprint density at radius 3 is 2.53 bits per heavy atom. The van der Waals surface area contributed by atoms with Crippen LogP contribution in [-0.4, -0.2) is 39.5 Å². The number of anilines is 2. The van der Waals surface area contributed by atoms with Gasteiger partial charge >= 0.3 is 0 Å². The van der Waals surface area contributed by atoms with E-state index in [0.717, 1.165) is 11.1 Å². The van der Waals surface area contributed by atoms with Crippen molar-refractivity contribution < 1.29 is 27.5 Å². The summed E-state index contributed by atoms with van der Waals surface area (Å²) in [6.07, 6.45) is 0.887. The number of hydrogen-bond donors (Lipinski definition) is 3. The highest BCUT2D eigenvalue weighted by molar-refractivity contribution is 7.89. The number of fused-ring (bicyclic) bond motifs is 2. The fraction of sp³-hybridized carbons (Fsp3) is 0.231. The number of hydrogen-bond acceptors (Lipinski definition) is 6. The molecule has 186 valence electrons. The van der Waals surface area contributed by atoms with Crippen LogP contribution in [0.5, 0.6) is 11.5 Å². The Morgan fingerprint density at radius 1 is 0.944 bits per heavy atom. The highest BCUT2D eigenvalue weighted by atomic mass is 32.2. The zero-order valence-corrected chi connectivity index (χ0v) is 20.1. The van der Waals surface area contributed by atoms with Crippen molar-refractivity contribution in [1.82, 2.24) is 4.72 Å². The molecule has 2 heterocycles. The Morgan fingerprint density at radius 2 is 1.72 bits per heavy atom. The Balaban J connectivity index is 1.39. The monoisotopic (exact) mass is 507 g/mol. The molecule has 1 atom stereocenters. The van der Waals surface area contributed by atoms with Gasteiger partial charge in [0, 0.05) is 23.9 Å². The molecule has 0 saturated heterocycles. The molecule has 0 fully saturated rings. The van der Waals surface area contributed by atoms with Crippen LogP contribution in [0.1, 0.15) is 17.5 Å². The van der Waals surface area contributed by atoms with E-state index in [1.807, 2.05) is 30.3 Å². The van der Waals surface area contributed by atoms with Crippen LogP contribution in [0, 0.1) is 0 Å². The van der Waals surface area contributed by atoms with Crippen molar-refractivity contribution in [2.24, 2.45) is 0 Å². The molecule has 0 aliphatic carbocycles. The summed E-state index contributed by atoms with van der Waals surface area (Å²) in [5, 5.41) is 5.53. The summed E-state index contributed by atoms with van der Waals surface area (Å²) in [7, 11) is -4.05. The van der Waals surface area contributed by atoms with Gasteiger partial charge in [0.25, 0.3) is 0 Å². The lowest BCUT2D eigenvalue weighted by molar-refractivity contribution is -0.118. The number of benzene rings is 3. The second kappa shape index (κ2) is 10.00. The Labute approximate surface area is 208 Å². The fourth-order valence-corrected chi connectivity index (χ4v) is 5.42. The summed E-state index contributed by atoms with van der Waals surface area (Å²) in [6, 6.07) is 17.7. The van der Waals surface area contributed by atoms with E-state index in [0.29, 0.717) is 48.9 Å². The van der Waals surface area contributed by atoms with Crippen molar-refractivity contribution in [3.05, 3.63) is 77.9 Å². The zero-order valence-electron chi connectivity index (χ0n) is 19.3. The number of nitrogens with one attached hydrogen (secondary N) is 3. The van der Waals surface area contributed by atoms with Crippen LogP contribution in [0.15, 0.2) is 71.6 Å². The van der Waals surface area contributed by atoms with Crippen molar-refractivity contribution in [1.29, 1.82) is 0 Å². The lowest BCUT2D eigenvalue weighted by Crippen LogP contribution is -2.45. The first kappa shape index (κ1) is 23.8. The van der Waals surface area contributed by atoms with E-state index in [4.69, 9.17) is 9.47 Å². The molecule has 2 aliphatic heterocycles. The molecule has 3 aromatic carbocycles. The average Bonchev–Trinajstić information content (AvgIpc) is 2.88. The standard InChI is InChI=1S/C26H25N3O6S/c30-25-11-6-18-15-20(8-9-21(18)28-25)36(32,33)29-22(14-17-4-2-1-3-5-17)26(31)27-19-7-10-23-24(16-19)35-13-12-34-23/h1-5,7-10,15-16,22,29H,6,11-14H2,(H,27,31)(H,28,30)/t22-/m1/s1. The number of carbonyl (C=O) groups is 2. The SMILES string of the molecule is O=C1CCc2cc(S(=O)(=O)N[C@H](Cc3ccccc3)C(=O)Nc3ccc4c(c3)OCCO4)ccc2N1. The van der Waals surface area contributed by atoms with E-state index >= 15 is 0 Å². The van der Waals surface area contributed by atoms with Crippen molar-refractivity contribution in [2.75, 3.05) is 23.8 Å². The van der Waals surface area contributed by atoms with Gasteiger partial charge in [-0.05, 0) is 54.3 Å². The van der Waals surface area contributed by atoms with E-state index in [-0.39, 0.29) is 17.2 Å². The van der Waals surface area contributed by atoms with Crippen LogP contribution < -0.4 is 24.8 Å². The minimum absolute atomic E-state index is 0.0302. The number of rotatable bonds is 7. The van der Waals surface area contributed by atoms with Gasteiger partial charge in [-0.1, -0.05) is 30.3 Å². The van der Waals surface area contributed by atoms with Crippen LogP contribution in [0.4, 0.5) is 11.4 Å². The molecule has 5 rings (SSSR count). The Bertz CT molecular complexity index is 1410. The zero-order chi connectivity index (χ0) is 25.1. The average molecular weight is 508 g/mol. The number of aryl methyl sites for hydroxylation is 1. The molecular formula is C26H25N3O6S. The topological polar surface area (TPSA) is 123 Å². The van der Waals surface area contributed by atoms with Gasteiger partial charge in [0.05, 0.1) is 4.90 Å². The molecule has 3 N–H and O–H groups in total. The molecule has 2 aliphatic rings. The van der Waals surface area contributed by atoms with E-state index in [2.05, 4.69) is 15.4 Å². The first-order valence-corrected chi connectivity index (χ1v) is 13.1. The minimum Gasteiger partial charge on any atom is -0.486 e. The second-order valence-electron chi connectivity index (χ2n) is 8.58. The maximum atomic E-state index is 13.3. The minimum atomic E-state index is -4.05. The fourth-order valence-electron chi connectivity index (χ4n) is 4.17. The molecule has 0 unspecified atom stereocenters. The highest BCUT2D eigenvalue weighted by Gasteiger charge is 2.28. The lowest BCUT2D eigenvalue weighted by Gasteiger charge is -2.22. The number of amides is 2. The maximum Gasteiger partial charge on any atom is 0.242 e. The van der Waals surface area contributed by atoms with Crippen LogP contribution >= 0.6 is 0 Å². The molecule has 0 radical (unpaired) electrons. The maximum absolute atomic E-state index is 13.3. The third-order valence-electron chi connectivity index (χ3n) is 5.99. The van der Waals surface area contributed by atoms with Crippen LogP contribution in [0.3, 0.4) is 0 Å². The van der Waals surface area contributed by atoms with Gasteiger partial charge in [0.1, 0.15) is 19.3 Å². The summed E-state index contributed by atoms with van der Waals surface area (Å²) in [5.74, 6) is 0.490. The molecule has 0 spiro atoms. The van der Waals surface area contributed by atoms with Crippen molar-refractivity contribution in [2.45, 2.75) is 30.2 Å². The molecule has 0 aromatic heterocycles. The highest BCUT2D eigenvalue weighted by Crippen LogP contribution is 2.32. The number of sulfonamides is 1. The van der Waals surface area contributed by atoms with Gasteiger partial charge in [-0.25, -0.2) is 8.42 Å². The molecule has 36 heavy (non-hydrogen) atoms. The van der Waals surface area contributed by atoms with Crippen molar-refractivity contribution >= 4 is 33.2 Å². The van der Waals surface area contributed by atoms with Gasteiger partial charge in [-0.3, -0.25) is 9.59 Å². The Hall–Kier alpha value is -3.89. The molecule has 2 amide bonds. The van der Waals surface area contributed by atoms with Gasteiger partial charge in [-0.15, -0.1) is 0 Å². The van der Waals surface area contributed by atoms with Crippen molar-refractivity contribution in [3.8, 4) is 11.5 Å². The Kier molecular flexibility index (Phi) is 6.62. The largest absolute Gasteiger partial charge is 0.486 e. The van der Waals surface area contributed by atoms with Crippen LogP contribution in [0.2, 0.25) is 0 Å². The predicted octanol–water partition coefficient (Wildman–Crippen LogP) is 2.87. The molecule has 0 saturated carbocycles. The first-order valence-electron chi connectivity index (χ1n) is 11.6. The van der Waals surface area contributed by atoms with Crippen LogP contribution in [-0.2, 0) is 32.5 Å². The number of carbonyl (C=O) groups excluding carboxylic acids is 2. The summed E-state index contributed by atoms with van der Waals surface area (Å²) >= 11 is 0. The number of ether oxygens (including phenoxy) is 2. The van der Waals surface area contributed by atoms with Gasteiger partial charge < -0.3 is 20.1 Å². The van der Waals surface area contributed by atoms with E-state index < -0.39 is 22.0 Å². The summed E-state index contributed by atoms with van der Waals surface area (Å²) in [6.45, 7) is 0.861. The molecule has 9 nitrogen and oxygen atoms in total. The van der Waals surface area contributed by atoms with Crippen LogP contribution in [0.25, 0.3) is 0 Å². The quantitative estimate of drug-likeness (QED) is 0.452. The van der Waals surface area contributed by atoms with E-state index in [9.17, 15) is 18.0 Å².